The van der Waals surface area contributed by atoms with Crippen LogP contribution in [-0.4, -0.2) is 59.6 Å². The first-order chi connectivity index (χ1) is 10.7. The van der Waals surface area contributed by atoms with Gasteiger partial charge in [0.15, 0.2) is 0 Å². The predicted octanol–water partition coefficient (Wildman–Crippen LogP) is 0.172. The van der Waals surface area contributed by atoms with Crippen LogP contribution in [0.25, 0.3) is 11.0 Å². The molecule has 0 saturated carbocycles. The van der Waals surface area contributed by atoms with Crippen LogP contribution in [0.2, 0.25) is 0 Å². The highest BCUT2D eigenvalue weighted by Gasteiger charge is 2.29. The zero-order valence-corrected chi connectivity index (χ0v) is 12.4. The van der Waals surface area contributed by atoms with Gasteiger partial charge in [0.25, 0.3) is 5.91 Å². The summed E-state index contributed by atoms with van der Waals surface area (Å²) in [5.74, 6) is -0.170. The van der Waals surface area contributed by atoms with Crippen molar-refractivity contribution in [3.05, 3.63) is 30.1 Å². The lowest BCUT2D eigenvalue weighted by Crippen LogP contribution is -2.43. The summed E-state index contributed by atoms with van der Waals surface area (Å²) in [5, 5.41) is 11.9. The Hall–Kier alpha value is -1.96. The third-order valence-electron chi connectivity index (χ3n) is 3.87. The van der Waals surface area contributed by atoms with E-state index in [0.717, 1.165) is 11.0 Å². The molecule has 0 spiro atoms. The van der Waals surface area contributed by atoms with Gasteiger partial charge in [-0.25, -0.2) is 4.98 Å². The first-order valence-electron chi connectivity index (χ1n) is 7.20. The van der Waals surface area contributed by atoms with E-state index in [1.54, 1.807) is 25.6 Å². The fourth-order valence-corrected chi connectivity index (χ4v) is 2.64. The summed E-state index contributed by atoms with van der Waals surface area (Å²) in [4.78, 5) is 16.6. The number of aliphatic hydroxyl groups is 1. The van der Waals surface area contributed by atoms with E-state index in [2.05, 4.69) is 10.3 Å². The highest BCUT2D eigenvalue weighted by Crippen LogP contribution is 2.16. The van der Waals surface area contributed by atoms with Gasteiger partial charge in [-0.1, -0.05) is 0 Å². The second-order valence-corrected chi connectivity index (χ2v) is 5.26. The minimum atomic E-state index is -0.170. The van der Waals surface area contributed by atoms with Gasteiger partial charge in [0.05, 0.1) is 43.2 Å². The summed E-state index contributed by atoms with van der Waals surface area (Å²) in [7, 11) is 1.61. The quantitative estimate of drug-likeness (QED) is 0.822. The largest absolute Gasteiger partial charge is 0.395 e. The summed E-state index contributed by atoms with van der Waals surface area (Å²) >= 11 is 0. The van der Waals surface area contributed by atoms with Gasteiger partial charge in [0.1, 0.15) is 6.10 Å². The molecule has 1 aromatic carbocycles. The lowest BCUT2D eigenvalue weighted by molar-refractivity contribution is 0.0685. The van der Waals surface area contributed by atoms with Crippen LogP contribution < -0.4 is 5.32 Å². The third kappa shape index (κ3) is 2.83. The van der Waals surface area contributed by atoms with Crippen molar-refractivity contribution < 1.29 is 19.4 Å². The van der Waals surface area contributed by atoms with Crippen LogP contribution in [0.4, 0.5) is 0 Å². The number of ether oxygens (including phenoxy) is 2. The van der Waals surface area contributed by atoms with E-state index in [1.165, 1.54) is 0 Å². The van der Waals surface area contributed by atoms with E-state index in [1.807, 2.05) is 10.6 Å². The summed E-state index contributed by atoms with van der Waals surface area (Å²) in [6.45, 7) is 1.48. The molecule has 7 nitrogen and oxygen atoms in total. The Balaban J connectivity index is 1.76. The molecule has 0 unspecified atom stereocenters. The lowest BCUT2D eigenvalue weighted by Gasteiger charge is -2.17. The van der Waals surface area contributed by atoms with Crippen molar-refractivity contribution in [2.45, 2.75) is 18.7 Å². The Kier molecular flexibility index (Phi) is 4.37. The van der Waals surface area contributed by atoms with E-state index in [0.29, 0.717) is 25.3 Å². The van der Waals surface area contributed by atoms with Crippen LogP contribution in [0.3, 0.4) is 0 Å². The van der Waals surface area contributed by atoms with Gasteiger partial charge in [0.2, 0.25) is 0 Å². The average Bonchev–Trinajstić information content (AvgIpc) is 3.14. The molecule has 2 atom stereocenters. The molecule has 2 heterocycles. The molecule has 3 rings (SSSR count). The van der Waals surface area contributed by atoms with Gasteiger partial charge in [-0.15, -0.1) is 0 Å². The molecule has 2 aromatic rings. The molecule has 1 amide bonds. The van der Waals surface area contributed by atoms with Crippen molar-refractivity contribution in [1.82, 2.24) is 14.9 Å². The van der Waals surface area contributed by atoms with Crippen LogP contribution in [-0.2, 0) is 16.0 Å². The highest BCUT2D eigenvalue weighted by molar-refractivity contribution is 5.97. The second-order valence-electron chi connectivity index (χ2n) is 5.26. The number of carbonyl (C=O) groups is 1. The van der Waals surface area contributed by atoms with Crippen molar-refractivity contribution in [3.8, 4) is 0 Å². The molecule has 22 heavy (non-hydrogen) atoms. The van der Waals surface area contributed by atoms with Crippen LogP contribution in [0.1, 0.15) is 10.4 Å². The van der Waals surface area contributed by atoms with Crippen molar-refractivity contribution in [2.24, 2.45) is 0 Å². The van der Waals surface area contributed by atoms with Gasteiger partial charge in [-0.05, 0) is 18.2 Å². The maximum Gasteiger partial charge on any atom is 0.251 e. The molecule has 2 N–H and O–H groups in total. The number of hydrogen-bond donors (Lipinski definition) is 2. The topological polar surface area (TPSA) is 85.6 Å². The molecule has 1 fully saturated rings. The third-order valence-corrected chi connectivity index (χ3v) is 3.87. The van der Waals surface area contributed by atoms with Crippen LogP contribution in [0, 0.1) is 0 Å². The second kappa shape index (κ2) is 6.43. The zero-order chi connectivity index (χ0) is 15.5. The summed E-state index contributed by atoms with van der Waals surface area (Å²) in [5.41, 5.74) is 2.17. The minimum Gasteiger partial charge on any atom is -0.395 e. The number of amides is 1. The van der Waals surface area contributed by atoms with Gasteiger partial charge in [0, 0.05) is 19.2 Å². The zero-order valence-electron chi connectivity index (χ0n) is 12.4. The molecular weight excluding hydrogens is 286 g/mol. The molecular formula is C15H19N3O4. The maximum atomic E-state index is 12.3. The van der Waals surface area contributed by atoms with Crippen LogP contribution in [0.15, 0.2) is 24.5 Å². The van der Waals surface area contributed by atoms with E-state index in [9.17, 15) is 4.79 Å². The Morgan fingerprint density at radius 3 is 3.18 bits per heavy atom. The van der Waals surface area contributed by atoms with Crippen molar-refractivity contribution in [3.63, 3.8) is 0 Å². The van der Waals surface area contributed by atoms with E-state index in [4.69, 9.17) is 14.6 Å². The molecule has 118 valence electrons. The number of carbonyl (C=O) groups excluding carboxylic acids is 1. The van der Waals surface area contributed by atoms with Crippen LogP contribution >= 0.6 is 0 Å². The minimum absolute atomic E-state index is 0.0494. The number of nitrogens with one attached hydrogen (secondary N) is 1. The molecule has 0 aliphatic carbocycles. The first-order valence-corrected chi connectivity index (χ1v) is 7.20. The van der Waals surface area contributed by atoms with Gasteiger partial charge >= 0.3 is 0 Å². The molecule has 1 saturated heterocycles. The Labute approximate surface area is 127 Å². The molecule has 1 aliphatic rings. The molecule has 1 aliphatic heterocycles. The fraction of sp³-hybridized carbons (Fsp3) is 0.467. The number of hydrogen-bond acceptors (Lipinski definition) is 5. The normalized spacial score (nSPS) is 21.4. The predicted molar refractivity (Wildman–Crippen MR) is 79.7 cm³/mol. The Bertz CT molecular complexity index is 670. The van der Waals surface area contributed by atoms with Gasteiger partial charge < -0.3 is 24.5 Å². The number of aliphatic hydroxyl groups excluding tert-OH is 1. The van der Waals surface area contributed by atoms with Gasteiger partial charge in [-0.2, -0.15) is 0 Å². The van der Waals surface area contributed by atoms with E-state index >= 15 is 0 Å². The van der Waals surface area contributed by atoms with Crippen LogP contribution in [0.5, 0.6) is 0 Å². The number of rotatable bonds is 5. The number of aromatic nitrogens is 2. The fourth-order valence-electron chi connectivity index (χ4n) is 2.64. The smallest absolute Gasteiger partial charge is 0.251 e. The number of imidazole rings is 1. The van der Waals surface area contributed by atoms with Crippen molar-refractivity contribution in [2.75, 3.05) is 26.9 Å². The highest BCUT2D eigenvalue weighted by atomic mass is 16.5. The summed E-state index contributed by atoms with van der Waals surface area (Å²) in [6, 6.07) is 5.20. The van der Waals surface area contributed by atoms with E-state index in [-0.39, 0.29) is 24.7 Å². The maximum absolute atomic E-state index is 12.3. The number of methoxy groups -OCH3 is 1. The molecule has 0 radical (unpaired) electrons. The number of benzene rings is 1. The lowest BCUT2D eigenvalue weighted by atomic mass is 10.1. The standard InChI is InChI=1S/C15H19N3O4/c1-21-14-8-22-7-12(14)17-15(20)10-2-3-13-11(6-10)16-9-18(13)4-5-19/h2-3,6,9,12,14,19H,4-5,7-8H2,1H3,(H,17,20)/t12-,14-/m0/s1. The molecule has 0 bridgehead atoms. The van der Waals surface area contributed by atoms with E-state index < -0.39 is 0 Å². The first kappa shape index (κ1) is 15.0. The SMILES string of the molecule is CO[C@H]1COC[C@@H]1NC(=O)c1ccc2c(c1)ncn2CCO. The monoisotopic (exact) mass is 305 g/mol. The molecule has 1 aromatic heterocycles. The Morgan fingerprint density at radius 2 is 2.41 bits per heavy atom. The van der Waals surface area contributed by atoms with Crippen molar-refractivity contribution >= 4 is 16.9 Å². The average molecular weight is 305 g/mol. The Morgan fingerprint density at radius 1 is 1.55 bits per heavy atom. The molecule has 7 heteroatoms. The van der Waals surface area contributed by atoms with Crippen molar-refractivity contribution in [1.29, 1.82) is 0 Å². The summed E-state index contributed by atoms with van der Waals surface area (Å²) in [6.07, 6.45) is 1.55. The number of nitrogens with zero attached hydrogens (tertiary/aromatic N) is 2. The van der Waals surface area contributed by atoms with Gasteiger partial charge in [-0.3, -0.25) is 4.79 Å². The summed E-state index contributed by atoms with van der Waals surface area (Å²) < 4.78 is 12.5. The number of fused-ring (bicyclic) bond motifs is 1.